The lowest BCUT2D eigenvalue weighted by atomic mass is 10.1. The Hall–Kier alpha value is -3.42. The van der Waals surface area contributed by atoms with E-state index in [2.05, 4.69) is 5.32 Å². The van der Waals surface area contributed by atoms with Gasteiger partial charge in [-0.15, -0.1) is 0 Å². The number of fused-ring (bicyclic) bond motifs is 1. The zero-order valence-electron chi connectivity index (χ0n) is 16.3. The van der Waals surface area contributed by atoms with Gasteiger partial charge in [-0.1, -0.05) is 6.07 Å². The Morgan fingerprint density at radius 3 is 2.76 bits per heavy atom. The predicted molar refractivity (Wildman–Crippen MR) is 104 cm³/mol. The monoisotopic (exact) mass is 398 g/mol. The molecule has 2 heterocycles. The molecule has 0 spiro atoms. The second-order valence-corrected chi connectivity index (χ2v) is 6.82. The number of hydrogen-bond donors (Lipinski definition) is 1. The highest BCUT2D eigenvalue weighted by Crippen LogP contribution is 2.34. The Labute approximate surface area is 168 Å². The Balaban J connectivity index is 1.49. The summed E-state index contributed by atoms with van der Waals surface area (Å²) in [5.74, 6) is 2.15. The summed E-state index contributed by atoms with van der Waals surface area (Å²) in [6.07, 6.45) is 0.802. The average molecular weight is 398 g/mol. The van der Waals surface area contributed by atoms with Crippen molar-refractivity contribution in [2.75, 3.05) is 26.3 Å². The fourth-order valence-electron chi connectivity index (χ4n) is 3.56. The molecule has 1 atom stereocenters. The fraction of sp³-hybridized carbons (Fsp3) is 0.333. The van der Waals surface area contributed by atoms with Gasteiger partial charge < -0.3 is 29.2 Å². The number of benzene rings is 2. The topological polar surface area (TPSA) is 86.3 Å². The molecule has 1 saturated heterocycles. The van der Waals surface area contributed by atoms with E-state index in [0.29, 0.717) is 48.1 Å². The van der Waals surface area contributed by atoms with Gasteiger partial charge in [-0.05, 0) is 36.2 Å². The molecule has 1 N–H and O–H groups in total. The van der Waals surface area contributed by atoms with E-state index in [-0.39, 0.29) is 18.6 Å². The summed E-state index contributed by atoms with van der Waals surface area (Å²) in [5, 5.41) is 2.87. The van der Waals surface area contributed by atoms with Crippen LogP contribution in [0, 0.1) is 0 Å². The van der Waals surface area contributed by atoms with Crippen LogP contribution < -0.4 is 24.3 Å². The van der Waals surface area contributed by atoms with Crippen molar-refractivity contribution < 1.29 is 28.5 Å². The number of rotatable bonds is 6. The second-order valence-electron chi connectivity index (χ2n) is 6.82. The average Bonchev–Trinajstić information content (AvgIpc) is 3.35. The van der Waals surface area contributed by atoms with Crippen LogP contribution in [0.15, 0.2) is 36.4 Å². The van der Waals surface area contributed by atoms with E-state index >= 15 is 0 Å². The highest BCUT2D eigenvalue weighted by atomic mass is 16.7. The molecular weight excluding hydrogens is 376 g/mol. The maximum atomic E-state index is 12.9. The quantitative estimate of drug-likeness (QED) is 0.805. The Morgan fingerprint density at radius 2 is 1.97 bits per heavy atom. The van der Waals surface area contributed by atoms with Gasteiger partial charge in [0.2, 0.25) is 18.6 Å². The van der Waals surface area contributed by atoms with Crippen LogP contribution in [0.2, 0.25) is 0 Å². The summed E-state index contributed by atoms with van der Waals surface area (Å²) in [6, 6.07) is 10.1. The lowest BCUT2D eigenvalue weighted by molar-refractivity contribution is -0.133. The summed E-state index contributed by atoms with van der Waals surface area (Å²) in [5.41, 5.74) is 1.41. The van der Waals surface area contributed by atoms with Crippen molar-refractivity contribution in [2.24, 2.45) is 0 Å². The first-order valence-electron chi connectivity index (χ1n) is 9.30. The number of amides is 2. The van der Waals surface area contributed by atoms with E-state index in [4.69, 9.17) is 18.9 Å². The van der Waals surface area contributed by atoms with Crippen LogP contribution >= 0.6 is 0 Å². The minimum Gasteiger partial charge on any atom is -0.497 e. The van der Waals surface area contributed by atoms with Crippen molar-refractivity contribution in [3.05, 3.63) is 42.0 Å². The molecule has 2 aliphatic rings. The van der Waals surface area contributed by atoms with E-state index in [1.165, 1.54) is 7.11 Å². The number of methoxy groups -OCH3 is 2. The number of carbonyl (C=O) groups excluding carboxylic acids is 2. The van der Waals surface area contributed by atoms with Gasteiger partial charge >= 0.3 is 0 Å². The van der Waals surface area contributed by atoms with Crippen LogP contribution in [0.25, 0.3) is 0 Å². The molecule has 2 aromatic rings. The molecule has 0 bridgehead atoms. The van der Waals surface area contributed by atoms with E-state index in [1.807, 2.05) is 18.2 Å². The highest BCUT2D eigenvalue weighted by molar-refractivity contribution is 6.00. The van der Waals surface area contributed by atoms with Gasteiger partial charge in [0.25, 0.3) is 0 Å². The summed E-state index contributed by atoms with van der Waals surface area (Å²) >= 11 is 0. The minimum absolute atomic E-state index is 0.0514. The van der Waals surface area contributed by atoms with Crippen LogP contribution in [0.5, 0.6) is 23.0 Å². The van der Waals surface area contributed by atoms with Crippen LogP contribution in [-0.2, 0) is 16.1 Å². The van der Waals surface area contributed by atoms with Crippen molar-refractivity contribution in [3.63, 3.8) is 0 Å². The molecule has 8 heteroatoms. The third kappa shape index (κ3) is 3.78. The van der Waals surface area contributed by atoms with E-state index < -0.39 is 6.04 Å². The molecular formula is C21H22N2O6. The fourth-order valence-corrected chi connectivity index (χ4v) is 3.56. The van der Waals surface area contributed by atoms with Crippen LogP contribution in [-0.4, -0.2) is 43.8 Å². The SMILES string of the molecule is COc1ccc(NC(=O)C2CCC(=O)N2Cc2ccc3c(c2)OCO3)c(OC)c1. The van der Waals surface area contributed by atoms with Crippen LogP contribution in [0.1, 0.15) is 18.4 Å². The lowest BCUT2D eigenvalue weighted by Crippen LogP contribution is -2.41. The number of hydrogen-bond acceptors (Lipinski definition) is 6. The van der Waals surface area contributed by atoms with Crippen molar-refractivity contribution in [1.29, 1.82) is 0 Å². The summed E-state index contributed by atoms with van der Waals surface area (Å²) in [4.78, 5) is 27.0. The largest absolute Gasteiger partial charge is 0.497 e. The standard InChI is InChI=1S/C21H22N2O6/c1-26-14-4-5-15(18(10-14)27-2)22-21(25)16-6-8-20(24)23(16)11-13-3-7-17-19(9-13)29-12-28-17/h3-5,7,9-10,16H,6,8,11-12H2,1-2H3,(H,22,25). The highest BCUT2D eigenvalue weighted by Gasteiger charge is 2.36. The van der Waals surface area contributed by atoms with Gasteiger partial charge in [0.1, 0.15) is 17.5 Å². The molecule has 0 aliphatic carbocycles. The molecule has 2 aliphatic heterocycles. The summed E-state index contributed by atoms with van der Waals surface area (Å²) in [6.45, 7) is 0.517. The molecule has 0 saturated carbocycles. The second kappa shape index (κ2) is 7.90. The third-order valence-electron chi connectivity index (χ3n) is 5.09. The molecule has 1 unspecified atom stereocenters. The maximum absolute atomic E-state index is 12.9. The molecule has 1 fully saturated rings. The molecule has 2 amide bonds. The van der Waals surface area contributed by atoms with Crippen molar-refractivity contribution >= 4 is 17.5 Å². The van der Waals surface area contributed by atoms with E-state index in [9.17, 15) is 9.59 Å². The molecule has 0 radical (unpaired) electrons. The Bertz CT molecular complexity index is 945. The first-order valence-corrected chi connectivity index (χ1v) is 9.30. The lowest BCUT2D eigenvalue weighted by Gasteiger charge is -2.24. The number of anilines is 1. The summed E-state index contributed by atoms with van der Waals surface area (Å²) in [7, 11) is 3.08. The zero-order chi connectivity index (χ0) is 20.4. The first kappa shape index (κ1) is 18.9. The normalized spacial score (nSPS) is 17.4. The third-order valence-corrected chi connectivity index (χ3v) is 5.09. The molecule has 8 nitrogen and oxygen atoms in total. The van der Waals surface area contributed by atoms with Gasteiger partial charge in [-0.3, -0.25) is 9.59 Å². The zero-order valence-corrected chi connectivity index (χ0v) is 16.3. The van der Waals surface area contributed by atoms with Gasteiger partial charge in [-0.25, -0.2) is 0 Å². The number of nitrogens with one attached hydrogen (secondary N) is 1. The molecule has 4 rings (SSSR count). The number of nitrogens with zero attached hydrogens (tertiary/aromatic N) is 1. The van der Waals surface area contributed by atoms with Gasteiger partial charge in [-0.2, -0.15) is 0 Å². The van der Waals surface area contributed by atoms with Crippen LogP contribution in [0.4, 0.5) is 5.69 Å². The molecule has 152 valence electrons. The van der Waals surface area contributed by atoms with Crippen LogP contribution in [0.3, 0.4) is 0 Å². The first-order chi connectivity index (χ1) is 14.1. The number of carbonyl (C=O) groups is 2. The van der Waals surface area contributed by atoms with Crippen molar-refractivity contribution in [2.45, 2.75) is 25.4 Å². The van der Waals surface area contributed by atoms with Crippen molar-refractivity contribution in [3.8, 4) is 23.0 Å². The smallest absolute Gasteiger partial charge is 0.247 e. The van der Waals surface area contributed by atoms with Gasteiger partial charge in [0.15, 0.2) is 11.5 Å². The Kier molecular flexibility index (Phi) is 5.16. The van der Waals surface area contributed by atoms with Gasteiger partial charge in [0.05, 0.1) is 19.9 Å². The molecule has 29 heavy (non-hydrogen) atoms. The summed E-state index contributed by atoms with van der Waals surface area (Å²) < 4.78 is 21.2. The minimum atomic E-state index is -0.556. The van der Waals surface area contributed by atoms with E-state index in [0.717, 1.165) is 5.56 Å². The van der Waals surface area contributed by atoms with E-state index in [1.54, 1.807) is 30.2 Å². The predicted octanol–water partition coefficient (Wildman–Crippen LogP) is 2.56. The Morgan fingerprint density at radius 1 is 1.14 bits per heavy atom. The maximum Gasteiger partial charge on any atom is 0.247 e. The van der Waals surface area contributed by atoms with Gasteiger partial charge in [0, 0.05) is 19.0 Å². The molecule has 0 aromatic heterocycles. The number of likely N-dealkylation sites (tertiary alicyclic amines) is 1. The van der Waals surface area contributed by atoms with Crippen molar-refractivity contribution in [1.82, 2.24) is 4.90 Å². The molecule has 2 aromatic carbocycles. The number of ether oxygens (including phenoxy) is 4.